The number of rotatable bonds is 23. The highest BCUT2D eigenvalue weighted by Crippen LogP contribution is 1.87. The van der Waals surface area contributed by atoms with Crippen molar-refractivity contribution < 1.29 is 43.1 Å². The summed E-state index contributed by atoms with van der Waals surface area (Å²) in [6.07, 6.45) is 0.0102. The minimum Gasteiger partial charge on any atom is -0.481 e. The molecule has 0 amide bonds. The van der Waals surface area contributed by atoms with Gasteiger partial charge in [-0.2, -0.15) is 0 Å². The van der Waals surface area contributed by atoms with Crippen molar-refractivity contribution in [2.75, 3.05) is 96.9 Å². The summed E-state index contributed by atoms with van der Waals surface area (Å²) in [5.41, 5.74) is 0. The Hall–Kier alpha value is -0.0800. The summed E-state index contributed by atoms with van der Waals surface area (Å²) < 4.78 is 38.1. The van der Waals surface area contributed by atoms with Gasteiger partial charge in [0.2, 0.25) is 0 Å². The molecule has 0 aliphatic rings. The molecule has 0 saturated heterocycles. The first-order valence-corrected chi connectivity index (χ1v) is 10.6. The lowest BCUT2D eigenvalue weighted by molar-refractivity contribution is -0.138. The lowest BCUT2D eigenvalue weighted by Gasteiger charge is -2.08. The van der Waals surface area contributed by atoms with Crippen LogP contribution in [0.4, 0.5) is 0 Å². The predicted molar refractivity (Wildman–Crippen MR) is 107 cm³/mol. The lowest BCUT2D eigenvalue weighted by atomic mass is 10.5. The molecule has 10 heteroatoms. The van der Waals surface area contributed by atoms with Crippen LogP contribution < -0.4 is 0 Å². The second-order valence-electron chi connectivity index (χ2n) is 5.12. The Morgan fingerprint density at radius 1 is 0.519 bits per heavy atom. The Morgan fingerprint density at radius 3 is 1.04 bits per heavy atom. The van der Waals surface area contributed by atoms with Crippen LogP contribution in [0.15, 0.2) is 0 Å². The molecular weight excluding hydrogens is 475 g/mol. The number of carboxylic acid groups (broad SMARTS) is 1. The van der Waals surface area contributed by atoms with Crippen molar-refractivity contribution in [1.82, 2.24) is 0 Å². The van der Waals surface area contributed by atoms with E-state index < -0.39 is 5.97 Å². The number of carboxylic acids is 1. The molecule has 0 saturated carbocycles. The maximum absolute atomic E-state index is 10.3. The first-order valence-electron chi connectivity index (χ1n) is 9.09. The van der Waals surface area contributed by atoms with Gasteiger partial charge in [0.05, 0.1) is 98.9 Å². The molecule has 0 radical (unpaired) electrons. The zero-order chi connectivity index (χ0) is 19.8. The Labute approximate surface area is 175 Å². The van der Waals surface area contributed by atoms with Crippen molar-refractivity contribution in [2.24, 2.45) is 0 Å². The van der Waals surface area contributed by atoms with Gasteiger partial charge in [0.1, 0.15) is 0 Å². The Bertz CT molecular complexity index is 308. The summed E-state index contributed by atoms with van der Waals surface area (Å²) in [7, 11) is 0. The third kappa shape index (κ3) is 25.9. The molecule has 0 aliphatic carbocycles. The Balaban J connectivity index is 2.98. The zero-order valence-electron chi connectivity index (χ0n) is 15.9. The van der Waals surface area contributed by atoms with Gasteiger partial charge in [0, 0.05) is 4.43 Å². The molecule has 0 atom stereocenters. The summed E-state index contributed by atoms with van der Waals surface area (Å²) in [5.74, 6) is -0.865. The highest BCUT2D eigenvalue weighted by atomic mass is 127. The molecule has 0 heterocycles. The Kier molecular flexibility index (Phi) is 23.9. The number of alkyl halides is 1. The number of aliphatic carboxylic acids is 1. The lowest BCUT2D eigenvalue weighted by Crippen LogP contribution is -2.14. The molecule has 9 nitrogen and oxygen atoms in total. The normalized spacial score (nSPS) is 11.1. The quantitative estimate of drug-likeness (QED) is 0.123. The molecule has 1 N–H and O–H groups in total. The molecule has 0 aromatic carbocycles. The van der Waals surface area contributed by atoms with Crippen molar-refractivity contribution in [3.8, 4) is 0 Å². The van der Waals surface area contributed by atoms with E-state index in [2.05, 4.69) is 22.6 Å². The fourth-order valence-electron chi connectivity index (χ4n) is 1.64. The predicted octanol–water partition coefficient (Wildman–Crippen LogP) is 1.01. The number of carbonyl (C=O) groups is 1. The van der Waals surface area contributed by atoms with Gasteiger partial charge in [-0.3, -0.25) is 4.79 Å². The average Bonchev–Trinajstić information content (AvgIpc) is 2.65. The number of hydrogen-bond donors (Lipinski definition) is 1. The highest BCUT2D eigenvalue weighted by Gasteiger charge is 1.97. The van der Waals surface area contributed by atoms with Crippen LogP contribution in [0.5, 0.6) is 0 Å². The standard InChI is InChI=1S/C17H33IO9/c18-2-4-22-6-8-24-10-12-26-14-16-27-15-13-25-11-9-23-7-5-21-3-1-17(19)20/h1-16H2,(H,19,20). The third-order valence-corrected chi connectivity index (χ3v) is 3.35. The smallest absolute Gasteiger partial charge is 0.305 e. The molecule has 0 spiro atoms. The first-order chi connectivity index (χ1) is 13.3. The van der Waals surface area contributed by atoms with Crippen LogP contribution in [0.3, 0.4) is 0 Å². The van der Waals surface area contributed by atoms with E-state index in [1.165, 1.54) is 0 Å². The summed E-state index contributed by atoms with van der Waals surface area (Å²) in [6, 6.07) is 0. The summed E-state index contributed by atoms with van der Waals surface area (Å²) in [4.78, 5) is 10.3. The highest BCUT2D eigenvalue weighted by molar-refractivity contribution is 14.1. The number of ether oxygens (including phenoxy) is 7. The van der Waals surface area contributed by atoms with E-state index in [0.29, 0.717) is 79.3 Å². The molecular formula is C17H33IO9. The minimum absolute atomic E-state index is 0.0102. The zero-order valence-corrected chi connectivity index (χ0v) is 18.1. The van der Waals surface area contributed by atoms with Crippen LogP contribution in [-0.4, -0.2) is 108 Å². The third-order valence-electron chi connectivity index (χ3n) is 2.91. The second-order valence-corrected chi connectivity index (χ2v) is 6.20. The van der Waals surface area contributed by atoms with E-state index in [4.69, 9.17) is 38.3 Å². The molecule has 0 unspecified atom stereocenters. The summed E-state index contributed by atoms with van der Waals surface area (Å²) in [6.45, 7) is 7.09. The van der Waals surface area contributed by atoms with Gasteiger partial charge in [-0.05, 0) is 0 Å². The largest absolute Gasteiger partial charge is 0.481 e. The van der Waals surface area contributed by atoms with Crippen molar-refractivity contribution in [1.29, 1.82) is 0 Å². The first kappa shape index (κ1) is 26.9. The van der Waals surface area contributed by atoms with Crippen LogP contribution in [0, 0.1) is 0 Å². The van der Waals surface area contributed by atoms with Gasteiger partial charge in [-0.25, -0.2) is 0 Å². The molecule has 0 aromatic heterocycles. The van der Waals surface area contributed by atoms with Crippen molar-refractivity contribution in [2.45, 2.75) is 6.42 Å². The van der Waals surface area contributed by atoms with Crippen LogP contribution in [0.2, 0.25) is 0 Å². The topological polar surface area (TPSA) is 102 Å². The Morgan fingerprint density at radius 2 is 0.778 bits per heavy atom. The fourth-order valence-corrected chi connectivity index (χ4v) is 1.95. The fraction of sp³-hybridized carbons (Fsp3) is 0.941. The maximum atomic E-state index is 10.3. The molecule has 0 aliphatic heterocycles. The molecule has 0 rings (SSSR count). The van der Waals surface area contributed by atoms with Gasteiger partial charge in [-0.15, -0.1) is 0 Å². The van der Waals surface area contributed by atoms with E-state index >= 15 is 0 Å². The number of hydrogen-bond acceptors (Lipinski definition) is 8. The van der Waals surface area contributed by atoms with Crippen LogP contribution in [0.25, 0.3) is 0 Å². The molecule has 162 valence electrons. The SMILES string of the molecule is O=C(O)CCOCCOCCOCCOCCOCCOCCOCCI. The van der Waals surface area contributed by atoms with Gasteiger partial charge in [0.25, 0.3) is 0 Å². The van der Waals surface area contributed by atoms with E-state index in [9.17, 15) is 4.79 Å². The summed E-state index contributed by atoms with van der Waals surface area (Å²) >= 11 is 2.27. The van der Waals surface area contributed by atoms with Gasteiger partial charge in [-0.1, -0.05) is 22.6 Å². The van der Waals surface area contributed by atoms with Gasteiger partial charge >= 0.3 is 5.97 Å². The van der Waals surface area contributed by atoms with E-state index in [1.54, 1.807) is 0 Å². The van der Waals surface area contributed by atoms with E-state index in [-0.39, 0.29) is 13.0 Å². The van der Waals surface area contributed by atoms with Crippen LogP contribution >= 0.6 is 22.6 Å². The van der Waals surface area contributed by atoms with E-state index in [1.807, 2.05) is 0 Å². The molecule has 0 fully saturated rings. The van der Waals surface area contributed by atoms with Gasteiger partial charge < -0.3 is 38.3 Å². The maximum Gasteiger partial charge on any atom is 0.305 e. The van der Waals surface area contributed by atoms with Crippen LogP contribution in [-0.2, 0) is 38.0 Å². The van der Waals surface area contributed by atoms with Crippen molar-refractivity contribution in [3.05, 3.63) is 0 Å². The van der Waals surface area contributed by atoms with Gasteiger partial charge in [0.15, 0.2) is 0 Å². The second kappa shape index (κ2) is 24.0. The minimum atomic E-state index is -0.865. The molecule has 0 aromatic rings. The van der Waals surface area contributed by atoms with E-state index in [0.717, 1.165) is 11.0 Å². The monoisotopic (exact) mass is 508 g/mol. The molecule has 0 bridgehead atoms. The summed E-state index contributed by atoms with van der Waals surface area (Å²) in [5, 5.41) is 8.43. The average molecular weight is 508 g/mol. The molecule has 27 heavy (non-hydrogen) atoms. The van der Waals surface area contributed by atoms with Crippen molar-refractivity contribution in [3.63, 3.8) is 0 Å². The number of halogens is 1. The van der Waals surface area contributed by atoms with Crippen molar-refractivity contribution >= 4 is 28.6 Å². The van der Waals surface area contributed by atoms with Crippen LogP contribution in [0.1, 0.15) is 6.42 Å².